The molecule has 1 aromatic rings. The van der Waals surface area contributed by atoms with Crippen LogP contribution in [0.1, 0.15) is 13.8 Å². The SMILES string of the molecule is C[C@@H]1CN(CC(=O)Nc2ccc(F)cc2)C[C@H](C)O1. The molecule has 0 spiro atoms. The predicted octanol–water partition coefficient (Wildman–Crippen LogP) is 1.87. The number of ether oxygens (including phenoxy) is 1. The number of morpholine rings is 1. The number of anilines is 1. The Hall–Kier alpha value is -1.46. The first-order valence-corrected chi connectivity index (χ1v) is 6.46. The molecule has 104 valence electrons. The second-order valence-corrected chi connectivity index (χ2v) is 5.01. The first-order valence-electron chi connectivity index (χ1n) is 6.46. The molecule has 1 N–H and O–H groups in total. The van der Waals surface area contributed by atoms with E-state index in [1.807, 2.05) is 13.8 Å². The van der Waals surface area contributed by atoms with E-state index in [0.717, 1.165) is 13.1 Å². The average Bonchev–Trinajstić information content (AvgIpc) is 2.30. The molecule has 5 heteroatoms. The summed E-state index contributed by atoms with van der Waals surface area (Å²) in [6.07, 6.45) is 0.282. The van der Waals surface area contributed by atoms with Gasteiger partial charge in [0.25, 0.3) is 0 Å². The molecule has 0 radical (unpaired) electrons. The molecule has 1 aliphatic heterocycles. The maximum Gasteiger partial charge on any atom is 0.238 e. The monoisotopic (exact) mass is 266 g/mol. The fourth-order valence-electron chi connectivity index (χ4n) is 2.35. The lowest BCUT2D eigenvalue weighted by atomic mass is 10.2. The Kier molecular flexibility index (Phi) is 4.50. The van der Waals surface area contributed by atoms with E-state index < -0.39 is 0 Å². The van der Waals surface area contributed by atoms with E-state index in [9.17, 15) is 9.18 Å². The number of rotatable bonds is 3. The van der Waals surface area contributed by atoms with E-state index >= 15 is 0 Å². The standard InChI is InChI=1S/C14H19FN2O2/c1-10-7-17(8-11(2)19-10)9-14(18)16-13-5-3-12(15)4-6-13/h3-6,10-11H,7-9H2,1-2H3,(H,16,18)/t10-,11+. The molecular formula is C14H19FN2O2. The number of hydrogen-bond acceptors (Lipinski definition) is 3. The molecule has 19 heavy (non-hydrogen) atoms. The minimum atomic E-state index is -0.311. The van der Waals surface area contributed by atoms with Crippen LogP contribution >= 0.6 is 0 Å². The fourth-order valence-corrected chi connectivity index (χ4v) is 2.35. The van der Waals surface area contributed by atoms with Crippen LogP contribution in [0, 0.1) is 5.82 Å². The van der Waals surface area contributed by atoms with Gasteiger partial charge in [-0.25, -0.2) is 4.39 Å². The zero-order chi connectivity index (χ0) is 13.8. The molecule has 0 unspecified atom stereocenters. The van der Waals surface area contributed by atoms with Gasteiger partial charge in [-0.2, -0.15) is 0 Å². The van der Waals surface area contributed by atoms with E-state index in [0.29, 0.717) is 12.2 Å². The molecule has 0 aliphatic carbocycles. The smallest absolute Gasteiger partial charge is 0.238 e. The van der Waals surface area contributed by atoms with Crippen molar-refractivity contribution >= 4 is 11.6 Å². The molecule has 0 aromatic heterocycles. The van der Waals surface area contributed by atoms with Crippen molar-refractivity contribution in [1.82, 2.24) is 4.90 Å². The predicted molar refractivity (Wildman–Crippen MR) is 71.5 cm³/mol. The third-order valence-electron chi connectivity index (χ3n) is 2.99. The van der Waals surface area contributed by atoms with Crippen molar-refractivity contribution in [1.29, 1.82) is 0 Å². The van der Waals surface area contributed by atoms with Crippen molar-refractivity contribution in [3.05, 3.63) is 30.1 Å². The van der Waals surface area contributed by atoms with Crippen molar-refractivity contribution in [3.63, 3.8) is 0 Å². The largest absolute Gasteiger partial charge is 0.373 e. The number of carbonyl (C=O) groups excluding carboxylic acids is 1. The van der Waals surface area contributed by atoms with Gasteiger partial charge < -0.3 is 10.1 Å². The molecule has 1 aromatic carbocycles. The summed E-state index contributed by atoms with van der Waals surface area (Å²) in [5, 5.41) is 2.76. The topological polar surface area (TPSA) is 41.6 Å². The van der Waals surface area contributed by atoms with Gasteiger partial charge in [-0.1, -0.05) is 0 Å². The Labute approximate surface area is 112 Å². The summed E-state index contributed by atoms with van der Waals surface area (Å²) in [5.41, 5.74) is 0.612. The summed E-state index contributed by atoms with van der Waals surface area (Å²) in [5.74, 6) is -0.401. The molecule has 0 saturated carbocycles. The summed E-state index contributed by atoms with van der Waals surface area (Å²) >= 11 is 0. The highest BCUT2D eigenvalue weighted by molar-refractivity contribution is 5.92. The van der Waals surface area contributed by atoms with Gasteiger partial charge in [-0.05, 0) is 38.1 Å². The molecule has 1 saturated heterocycles. The van der Waals surface area contributed by atoms with Gasteiger partial charge in [-0.3, -0.25) is 9.69 Å². The maximum atomic E-state index is 12.7. The number of carbonyl (C=O) groups is 1. The lowest BCUT2D eigenvalue weighted by molar-refractivity contribution is -0.121. The van der Waals surface area contributed by atoms with Crippen molar-refractivity contribution in [2.24, 2.45) is 0 Å². The van der Waals surface area contributed by atoms with Gasteiger partial charge in [-0.15, -0.1) is 0 Å². The van der Waals surface area contributed by atoms with Gasteiger partial charge in [0.05, 0.1) is 18.8 Å². The Morgan fingerprint density at radius 1 is 1.32 bits per heavy atom. The highest BCUT2D eigenvalue weighted by atomic mass is 19.1. The number of halogens is 1. The number of nitrogens with one attached hydrogen (secondary N) is 1. The van der Waals surface area contributed by atoms with E-state index in [1.165, 1.54) is 12.1 Å². The van der Waals surface area contributed by atoms with Crippen molar-refractivity contribution in [2.45, 2.75) is 26.1 Å². The fraction of sp³-hybridized carbons (Fsp3) is 0.500. The van der Waals surface area contributed by atoms with E-state index in [-0.39, 0.29) is 23.9 Å². The lowest BCUT2D eigenvalue weighted by Crippen LogP contribution is -2.48. The van der Waals surface area contributed by atoms with Crippen LogP contribution < -0.4 is 5.32 Å². The summed E-state index contributed by atoms with van der Waals surface area (Å²) in [4.78, 5) is 14.0. The molecule has 1 aliphatic rings. The average molecular weight is 266 g/mol. The molecule has 2 atom stereocenters. The first kappa shape index (κ1) is 14.0. The lowest BCUT2D eigenvalue weighted by Gasteiger charge is -2.34. The zero-order valence-electron chi connectivity index (χ0n) is 11.2. The number of nitrogens with zero attached hydrogens (tertiary/aromatic N) is 1. The molecule has 1 amide bonds. The number of benzene rings is 1. The normalized spacial score (nSPS) is 24.2. The molecular weight excluding hydrogens is 247 g/mol. The maximum absolute atomic E-state index is 12.7. The van der Waals surface area contributed by atoms with Crippen LogP contribution in [0.4, 0.5) is 10.1 Å². The van der Waals surface area contributed by atoms with Crippen LogP contribution in [0.15, 0.2) is 24.3 Å². The Morgan fingerprint density at radius 2 is 1.89 bits per heavy atom. The Balaban J connectivity index is 1.85. The van der Waals surface area contributed by atoms with Crippen LogP contribution in [-0.4, -0.2) is 42.6 Å². The van der Waals surface area contributed by atoms with Gasteiger partial charge in [0.2, 0.25) is 5.91 Å². The molecule has 4 nitrogen and oxygen atoms in total. The minimum Gasteiger partial charge on any atom is -0.373 e. The molecule has 2 rings (SSSR count). The zero-order valence-corrected chi connectivity index (χ0v) is 11.2. The van der Waals surface area contributed by atoms with E-state index in [1.54, 1.807) is 12.1 Å². The van der Waals surface area contributed by atoms with Crippen molar-refractivity contribution in [2.75, 3.05) is 25.0 Å². The van der Waals surface area contributed by atoms with E-state index in [4.69, 9.17) is 4.74 Å². The van der Waals surface area contributed by atoms with E-state index in [2.05, 4.69) is 10.2 Å². The van der Waals surface area contributed by atoms with Crippen LogP contribution in [-0.2, 0) is 9.53 Å². The van der Waals surface area contributed by atoms with Gasteiger partial charge in [0, 0.05) is 18.8 Å². The molecule has 0 bridgehead atoms. The van der Waals surface area contributed by atoms with Crippen LogP contribution in [0.25, 0.3) is 0 Å². The van der Waals surface area contributed by atoms with Crippen molar-refractivity contribution < 1.29 is 13.9 Å². The van der Waals surface area contributed by atoms with Gasteiger partial charge in [0.15, 0.2) is 0 Å². The molecule has 1 fully saturated rings. The minimum absolute atomic E-state index is 0.0899. The molecule has 1 heterocycles. The summed E-state index contributed by atoms with van der Waals surface area (Å²) < 4.78 is 18.4. The Morgan fingerprint density at radius 3 is 2.47 bits per heavy atom. The van der Waals surface area contributed by atoms with Gasteiger partial charge >= 0.3 is 0 Å². The van der Waals surface area contributed by atoms with Crippen LogP contribution in [0.3, 0.4) is 0 Å². The third kappa shape index (κ3) is 4.29. The first-order chi connectivity index (χ1) is 9.02. The second kappa shape index (κ2) is 6.12. The quantitative estimate of drug-likeness (QED) is 0.908. The Bertz CT molecular complexity index is 426. The van der Waals surface area contributed by atoms with Crippen LogP contribution in [0.2, 0.25) is 0 Å². The van der Waals surface area contributed by atoms with Crippen LogP contribution in [0.5, 0.6) is 0 Å². The van der Waals surface area contributed by atoms with Crippen molar-refractivity contribution in [3.8, 4) is 0 Å². The third-order valence-corrected chi connectivity index (χ3v) is 2.99. The van der Waals surface area contributed by atoms with Gasteiger partial charge in [0.1, 0.15) is 5.82 Å². The second-order valence-electron chi connectivity index (χ2n) is 5.01. The highest BCUT2D eigenvalue weighted by Crippen LogP contribution is 2.11. The summed E-state index contributed by atoms with van der Waals surface area (Å²) in [7, 11) is 0. The highest BCUT2D eigenvalue weighted by Gasteiger charge is 2.23. The summed E-state index contributed by atoms with van der Waals surface area (Å²) in [6, 6.07) is 5.76. The summed E-state index contributed by atoms with van der Waals surface area (Å²) in [6.45, 7) is 5.83. The number of amides is 1. The number of hydrogen-bond donors (Lipinski definition) is 1.